The summed E-state index contributed by atoms with van der Waals surface area (Å²) in [5.41, 5.74) is 2.38. The van der Waals surface area contributed by atoms with E-state index in [9.17, 15) is 4.79 Å². The molecule has 7 nitrogen and oxygen atoms in total. The van der Waals surface area contributed by atoms with Gasteiger partial charge in [0.05, 0.1) is 0 Å². The molecule has 0 spiro atoms. The zero-order valence-electron chi connectivity index (χ0n) is 13.6. The van der Waals surface area contributed by atoms with Crippen molar-refractivity contribution >= 4 is 17.7 Å². The minimum absolute atomic E-state index is 0.197. The molecule has 1 aromatic heterocycles. The predicted molar refractivity (Wildman–Crippen MR) is 89.4 cm³/mol. The molecule has 0 bridgehead atoms. The Balaban J connectivity index is 1.69. The van der Waals surface area contributed by atoms with Gasteiger partial charge in [-0.2, -0.15) is 10.1 Å². The molecule has 1 saturated heterocycles. The summed E-state index contributed by atoms with van der Waals surface area (Å²) < 4.78 is 1.53. The van der Waals surface area contributed by atoms with E-state index in [0.29, 0.717) is 12.5 Å². The summed E-state index contributed by atoms with van der Waals surface area (Å²) in [5.74, 6) is 0.440. The molecule has 1 aromatic carbocycles. The van der Waals surface area contributed by atoms with Crippen LogP contribution in [0.15, 0.2) is 30.6 Å². The van der Waals surface area contributed by atoms with Crippen LogP contribution in [-0.4, -0.2) is 45.8 Å². The lowest BCUT2D eigenvalue weighted by Crippen LogP contribution is -2.32. The van der Waals surface area contributed by atoms with Gasteiger partial charge in [0.2, 0.25) is 5.95 Å². The first-order chi connectivity index (χ1) is 11.1. The summed E-state index contributed by atoms with van der Waals surface area (Å²) in [6.45, 7) is 2.73. The molecule has 1 N–H and O–H groups in total. The highest BCUT2D eigenvalue weighted by Gasteiger charge is 2.18. The van der Waals surface area contributed by atoms with E-state index in [0.717, 1.165) is 18.7 Å². The molecule has 122 valence electrons. The first-order valence-electron chi connectivity index (χ1n) is 7.84. The fourth-order valence-corrected chi connectivity index (χ4v) is 2.84. The lowest BCUT2D eigenvalue weighted by atomic mass is 10.1. The second-order valence-electron chi connectivity index (χ2n) is 5.82. The van der Waals surface area contributed by atoms with Crippen LogP contribution in [-0.2, 0) is 13.6 Å². The van der Waals surface area contributed by atoms with Crippen molar-refractivity contribution in [1.29, 1.82) is 0 Å². The van der Waals surface area contributed by atoms with Gasteiger partial charge in [-0.1, -0.05) is 18.2 Å². The van der Waals surface area contributed by atoms with Gasteiger partial charge in [0, 0.05) is 39.4 Å². The van der Waals surface area contributed by atoms with Crippen molar-refractivity contribution in [2.45, 2.75) is 19.4 Å². The van der Waals surface area contributed by atoms with E-state index in [1.807, 2.05) is 6.07 Å². The normalized spacial score (nSPS) is 14.1. The fraction of sp³-hybridized carbons (Fsp3) is 0.438. The van der Waals surface area contributed by atoms with Crippen LogP contribution in [0, 0.1) is 0 Å². The molecule has 0 saturated carbocycles. The molecule has 0 aliphatic carbocycles. The van der Waals surface area contributed by atoms with Gasteiger partial charge >= 0.3 is 6.03 Å². The highest BCUT2D eigenvalue weighted by molar-refractivity contribution is 5.87. The maximum absolute atomic E-state index is 12.3. The molecule has 2 amide bonds. The first-order valence-corrected chi connectivity index (χ1v) is 7.84. The third-order valence-electron chi connectivity index (χ3n) is 4.12. The van der Waals surface area contributed by atoms with Crippen molar-refractivity contribution in [3.05, 3.63) is 36.2 Å². The molecule has 1 aliphatic rings. The van der Waals surface area contributed by atoms with Crippen LogP contribution >= 0.6 is 0 Å². The minimum Gasteiger partial charge on any atom is -0.371 e. The van der Waals surface area contributed by atoms with Crippen LogP contribution in [0.1, 0.15) is 18.4 Å². The highest BCUT2D eigenvalue weighted by Crippen LogP contribution is 2.25. The van der Waals surface area contributed by atoms with Crippen molar-refractivity contribution in [2.24, 2.45) is 7.05 Å². The molecule has 3 rings (SSSR count). The number of benzene rings is 1. The quantitative estimate of drug-likeness (QED) is 0.938. The summed E-state index contributed by atoms with van der Waals surface area (Å²) in [5, 5.41) is 6.71. The average molecular weight is 314 g/mol. The van der Waals surface area contributed by atoms with E-state index in [-0.39, 0.29) is 6.03 Å². The molecular weight excluding hydrogens is 292 g/mol. The lowest BCUT2D eigenvalue weighted by Gasteiger charge is -2.24. The zero-order chi connectivity index (χ0) is 16.2. The molecular formula is C16H22N6O. The van der Waals surface area contributed by atoms with Gasteiger partial charge in [-0.05, 0) is 24.5 Å². The van der Waals surface area contributed by atoms with E-state index in [4.69, 9.17) is 0 Å². The van der Waals surface area contributed by atoms with E-state index >= 15 is 0 Å². The number of nitrogens with zero attached hydrogens (tertiary/aromatic N) is 5. The Kier molecular flexibility index (Phi) is 4.45. The first kappa shape index (κ1) is 15.3. The summed E-state index contributed by atoms with van der Waals surface area (Å²) >= 11 is 0. The van der Waals surface area contributed by atoms with E-state index in [1.165, 1.54) is 29.5 Å². The Morgan fingerprint density at radius 1 is 1.30 bits per heavy atom. The number of aromatic nitrogens is 3. The minimum atomic E-state index is -0.197. The Morgan fingerprint density at radius 3 is 2.74 bits per heavy atom. The summed E-state index contributed by atoms with van der Waals surface area (Å²) in [4.78, 5) is 20.4. The number of carbonyl (C=O) groups excluding carboxylic acids is 1. The number of amides is 2. The van der Waals surface area contributed by atoms with Crippen molar-refractivity contribution < 1.29 is 4.79 Å². The van der Waals surface area contributed by atoms with Gasteiger partial charge in [0.15, 0.2) is 0 Å². The van der Waals surface area contributed by atoms with Crippen molar-refractivity contribution in [3.8, 4) is 0 Å². The van der Waals surface area contributed by atoms with E-state index < -0.39 is 0 Å². The summed E-state index contributed by atoms with van der Waals surface area (Å²) in [6.07, 6.45) is 3.88. The third kappa shape index (κ3) is 3.44. The van der Waals surface area contributed by atoms with E-state index in [1.54, 1.807) is 19.0 Å². The van der Waals surface area contributed by atoms with Crippen LogP contribution in [0.25, 0.3) is 0 Å². The van der Waals surface area contributed by atoms with Crippen LogP contribution in [0.4, 0.5) is 16.4 Å². The fourth-order valence-electron chi connectivity index (χ4n) is 2.84. The highest BCUT2D eigenvalue weighted by atomic mass is 16.2. The number of anilines is 2. The molecule has 1 fully saturated rings. The number of nitrogens with one attached hydrogen (secondary N) is 1. The largest absolute Gasteiger partial charge is 0.371 e. The van der Waals surface area contributed by atoms with Gasteiger partial charge in [-0.3, -0.25) is 5.32 Å². The second-order valence-corrected chi connectivity index (χ2v) is 5.82. The molecule has 0 atom stereocenters. The number of rotatable bonds is 4. The summed E-state index contributed by atoms with van der Waals surface area (Å²) in [7, 11) is 3.53. The van der Waals surface area contributed by atoms with Gasteiger partial charge in [-0.25, -0.2) is 9.48 Å². The van der Waals surface area contributed by atoms with Gasteiger partial charge < -0.3 is 9.80 Å². The van der Waals surface area contributed by atoms with Crippen molar-refractivity contribution in [3.63, 3.8) is 0 Å². The van der Waals surface area contributed by atoms with Crippen LogP contribution in [0.2, 0.25) is 0 Å². The molecule has 0 unspecified atom stereocenters. The number of aryl methyl sites for hydroxylation is 1. The number of hydrogen-bond acceptors (Lipinski definition) is 4. The van der Waals surface area contributed by atoms with Gasteiger partial charge in [0.1, 0.15) is 6.33 Å². The maximum Gasteiger partial charge on any atom is 0.324 e. The molecule has 2 heterocycles. The SMILES string of the molecule is CN(Cc1ccccc1N1CCCC1)C(=O)Nc1ncnn1C. The third-order valence-corrected chi connectivity index (χ3v) is 4.12. The zero-order valence-corrected chi connectivity index (χ0v) is 13.6. The standard InChI is InChI=1S/C16H22N6O/c1-20(16(23)19-15-17-12-18-21(15)2)11-13-7-3-4-8-14(13)22-9-5-6-10-22/h3-4,7-8,12H,5-6,9-11H2,1-2H3,(H,17,18,19,23). The number of carbonyl (C=O) groups is 1. The van der Waals surface area contributed by atoms with Gasteiger partial charge in [-0.15, -0.1) is 0 Å². The number of hydrogen-bond donors (Lipinski definition) is 1. The Labute approximate surface area is 135 Å². The predicted octanol–water partition coefficient (Wildman–Crippen LogP) is 2.08. The van der Waals surface area contributed by atoms with Crippen LogP contribution < -0.4 is 10.2 Å². The van der Waals surface area contributed by atoms with Crippen molar-refractivity contribution in [2.75, 3.05) is 30.4 Å². The Hall–Kier alpha value is -2.57. The molecule has 23 heavy (non-hydrogen) atoms. The molecule has 0 radical (unpaired) electrons. The monoisotopic (exact) mass is 314 g/mol. The lowest BCUT2D eigenvalue weighted by molar-refractivity contribution is 0.220. The molecule has 2 aromatic rings. The number of para-hydroxylation sites is 1. The molecule has 1 aliphatic heterocycles. The average Bonchev–Trinajstić information content (AvgIpc) is 3.20. The van der Waals surface area contributed by atoms with E-state index in [2.05, 4.69) is 38.5 Å². The summed E-state index contributed by atoms with van der Waals surface area (Å²) in [6, 6.07) is 8.09. The number of urea groups is 1. The second kappa shape index (κ2) is 6.68. The van der Waals surface area contributed by atoms with Gasteiger partial charge in [0.25, 0.3) is 0 Å². The van der Waals surface area contributed by atoms with Crippen LogP contribution in [0.3, 0.4) is 0 Å². The Morgan fingerprint density at radius 2 is 2.04 bits per heavy atom. The smallest absolute Gasteiger partial charge is 0.324 e. The Bertz CT molecular complexity index is 677. The van der Waals surface area contributed by atoms with Crippen LogP contribution in [0.5, 0.6) is 0 Å². The maximum atomic E-state index is 12.3. The molecule has 7 heteroatoms. The topological polar surface area (TPSA) is 66.3 Å². The van der Waals surface area contributed by atoms with Crippen molar-refractivity contribution in [1.82, 2.24) is 19.7 Å².